The van der Waals surface area contributed by atoms with E-state index >= 15 is 0 Å². The first-order valence-corrected chi connectivity index (χ1v) is 8.66. The summed E-state index contributed by atoms with van der Waals surface area (Å²) in [4.78, 5) is 24.0. The molecule has 0 bridgehead atoms. The molecule has 0 aliphatic carbocycles. The molecule has 0 aromatic heterocycles. The average Bonchev–Trinajstić information content (AvgIpc) is 2.56. The van der Waals surface area contributed by atoms with Crippen LogP contribution < -0.4 is 5.32 Å². The number of benzene rings is 2. The standard InChI is InChI=1S/C19H19BrFNO3/c1-12-7-9-17(15(20)11-12)22-19(24)13(2)25-18(23)10-8-14-5-3-4-6-16(14)21/h3-7,9,11,13H,8,10H2,1-2H3,(H,22,24)/t13-/m0/s1. The van der Waals surface area contributed by atoms with Gasteiger partial charge in [0.25, 0.3) is 5.91 Å². The van der Waals surface area contributed by atoms with Crippen molar-refractivity contribution in [1.29, 1.82) is 0 Å². The third kappa shape index (κ3) is 5.67. The zero-order valence-corrected chi connectivity index (χ0v) is 15.6. The molecule has 2 aromatic carbocycles. The number of carbonyl (C=O) groups is 2. The molecule has 0 unspecified atom stereocenters. The lowest BCUT2D eigenvalue weighted by Crippen LogP contribution is -2.30. The number of halogens is 2. The molecule has 0 spiro atoms. The molecule has 2 rings (SSSR count). The largest absolute Gasteiger partial charge is 0.453 e. The Hall–Kier alpha value is -2.21. The Balaban J connectivity index is 1.85. The molecule has 6 heteroatoms. The van der Waals surface area contributed by atoms with Gasteiger partial charge < -0.3 is 10.1 Å². The monoisotopic (exact) mass is 407 g/mol. The first-order chi connectivity index (χ1) is 11.9. The number of ether oxygens (including phenoxy) is 1. The van der Waals surface area contributed by atoms with Crippen LogP contribution in [0.25, 0.3) is 0 Å². The minimum atomic E-state index is -0.943. The van der Waals surface area contributed by atoms with Gasteiger partial charge in [0.15, 0.2) is 6.10 Å². The smallest absolute Gasteiger partial charge is 0.306 e. The Bertz CT molecular complexity index is 779. The Labute approximate surface area is 154 Å². The second-order valence-corrected chi connectivity index (χ2v) is 6.55. The fourth-order valence-electron chi connectivity index (χ4n) is 2.20. The van der Waals surface area contributed by atoms with Crippen molar-refractivity contribution < 1.29 is 18.7 Å². The first-order valence-electron chi connectivity index (χ1n) is 7.86. The Morgan fingerprint density at radius 1 is 1.24 bits per heavy atom. The van der Waals surface area contributed by atoms with Gasteiger partial charge in [-0.25, -0.2) is 4.39 Å². The van der Waals surface area contributed by atoms with Gasteiger partial charge in [-0.1, -0.05) is 24.3 Å². The van der Waals surface area contributed by atoms with Crippen LogP contribution in [0.15, 0.2) is 46.9 Å². The van der Waals surface area contributed by atoms with Crippen molar-refractivity contribution in [3.05, 3.63) is 63.9 Å². The van der Waals surface area contributed by atoms with Gasteiger partial charge in [0.05, 0.1) is 5.69 Å². The highest BCUT2D eigenvalue weighted by molar-refractivity contribution is 9.10. The van der Waals surface area contributed by atoms with Crippen molar-refractivity contribution in [3.8, 4) is 0 Å². The summed E-state index contributed by atoms with van der Waals surface area (Å²) in [5.41, 5.74) is 2.10. The predicted octanol–water partition coefficient (Wildman–Crippen LogP) is 4.40. The second-order valence-electron chi connectivity index (χ2n) is 5.70. The average molecular weight is 408 g/mol. The quantitative estimate of drug-likeness (QED) is 0.721. The normalized spacial score (nSPS) is 11.7. The van der Waals surface area contributed by atoms with Crippen LogP contribution in [0.5, 0.6) is 0 Å². The van der Waals surface area contributed by atoms with Crippen molar-refractivity contribution in [2.75, 3.05) is 5.32 Å². The highest BCUT2D eigenvalue weighted by Crippen LogP contribution is 2.23. The molecule has 1 N–H and O–H groups in total. The third-order valence-electron chi connectivity index (χ3n) is 3.62. The number of carbonyl (C=O) groups excluding carboxylic acids is 2. The zero-order valence-electron chi connectivity index (χ0n) is 14.0. The van der Waals surface area contributed by atoms with E-state index in [9.17, 15) is 14.0 Å². The summed E-state index contributed by atoms with van der Waals surface area (Å²) in [6.07, 6.45) is -0.711. The summed E-state index contributed by atoms with van der Waals surface area (Å²) in [7, 11) is 0. The number of anilines is 1. The summed E-state index contributed by atoms with van der Waals surface area (Å²) in [5.74, 6) is -1.33. The van der Waals surface area contributed by atoms with E-state index in [2.05, 4.69) is 21.2 Å². The van der Waals surface area contributed by atoms with Crippen LogP contribution in [-0.2, 0) is 20.7 Å². The summed E-state index contributed by atoms with van der Waals surface area (Å²) < 4.78 is 19.4. The molecule has 0 heterocycles. The highest BCUT2D eigenvalue weighted by atomic mass is 79.9. The summed E-state index contributed by atoms with van der Waals surface area (Å²) in [5, 5.41) is 2.70. The summed E-state index contributed by atoms with van der Waals surface area (Å²) in [6.45, 7) is 3.44. The lowest BCUT2D eigenvalue weighted by atomic mass is 10.1. The van der Waals surface area contributed by atoms with E-state index in [1.165, 1.54) is 13.0 Å². The van der Waals surface area contributed by atoms with E-state index in [4.69, 9.17) is 4.74 Å². The molecule has 0 aliphatic heterocycles. The lowest BCUT2D eigenvalue weighted by molar-refractivity contribution is -0.153. The van der Waals surface area contributed by atoms with Gasteiger partial charge in [-0.2, -0.15) is 0 Å². The van der Waals surface area contributed by atoms with Crippen LogP contribution in [0.2, 0.25) is 0 Å². The first kappa shape index (κ1) is 19.1. The van der Waals surface area contributed by atoms with Crippen molar-refractivity contribution in [1.82, 2.24) is 0 Å². The fourth-order valence-corrected chi connectivity index (χ4v) is 2.80. The van der Waals surface area contributed by atoms with Gasteiger partial charge in [-0.05, 0) is 65.5 Å². The topological polar surface area (TPSA) is 55.4 Å². The molecule has 4 nitrogen and oxygen atoms in total. The molecule has 0 saturated carbocycles. The molecule has 25 heavy (non-hydrogen) atoms. The van der Waals surface area contributed by atoms with E-state index < -0.39 is 18.0 Å². The number of aryl methyl sites for hydroxylation is 2. The van der Waals surface area contributed by atoms with Crippen LogP contribution in [-0.4, -0.2) is 18.0 Å². The second kappa shape index (κ2) is 8.76. The maximum atomic E-state index is 13.5. The van der Waals surface area contributed by atoms with E-state index in [0.717, 1.165) is 10.0 Å². The van der Waals surface area contributed by atoms with Crippen LogP contribution in [0.3, 0.4) is 0 Å². The highest BCUT2D eigenvalue weighted by Gasteiger charge is 2.19. The van der Waals surface area contributed by atoms with Crippen molar-refractivity contribution in [2.24, 2.45) is 0 Å². The molecule has 0 radical (unpaired) electrons. The number of nitrogens with one attached hydrogen (secondary N) is 1. The van der Waals surface area contributed by atoms with Gasteiger partial charge in [0.2, 0.25) is 0 Å². The molecule has 0 saturated heterocycles. The van der Waals surface area contributed by atoms with E-state index in [0.29, 0.717) is 11.3 Å². The van der Waals surface area contributed by atoms with Crippen LogP contribution >= 0.6 is 15.9 Å². The Morgan fingerprint density at radius 2 is 1.96 bits per heavy atom. The van der Waals surface area contributed by atoms with Gasteiger partial charge in [-0.3, -0.25) is 9.59 Å². The number of esters is 1. The van der Waals surface area contributed by atoms with Crippen LogP contribution in [0.4, 0.5) is 10.1 Å². The number of hydrogen-bond donors (Lipinski definition) is 1. The molecule has 0 aliphatic rings. The zero-order chi connectivity index (χ0) is 18.4. The molecule has 0 fully saturated rings. The predicted molar refractivity (Wildman–Crippen MR) is 97.8 cm³/mol. The molecule has 132 valence electrons. The molecular weight excluding hydrogens is 389 g/mol. The maximum absolute atomic E-state index is 13.5. The van der Waals surface area contributed by atoms with Crippen LogP contribution in [0.1, 0.15) is 24.5 Å². The Morgan fingerprint density at radius 3 is 2.64 bits per heavy atom. The molecular formula is C19H19BrFNO3. The number of hydrogen-bond acceptors (Lipinski definition) is 3. The third-order valence-corrected chi connectivity index (χ3v) is 4.27. The number of amides is 1. The van der Waals surface area contributed by atoms with Gasteiger partial charge in [0.1, 0.15) is 5.82 Å². The molecule has 1 amide bonds. The summed E-state index contributed by atoms with van der Waals surface area (Å²) >= 11 is 3.38. The summed E-state index contributed by atoms with van der Waals surface area (Å²) in [6, 6.07) is 11.8. The van der Waals surface area contributed by atoms with Gasteiger partial charge in [-0.15, -0.1) is 0 Å². The molecule has 1 atom stereocenters. The minimum absolute atomic E-state index is 0.00673. The Kier molecular flexibility index (Phi) is 6.70. The van der Waals surface area contributed by atoms with Gasteiger partial charge >= 0.3 is 5.97 Å². The van der Waals surface area contributed by atoms with Crippen molar-refractivity contribution >= 4 is 33.5 Å². The van der Waals surface area contributed by atoms with Crippen LogP contribution in [0, 0.1) is 12.7 Å². The van der Waals surface area contributed by atoms with Crippen molar-refractivity contribution in [3.63, 3.8) is 0 Å². The maximum Gasteiger partial charge on any atom is 0.306 e. The molecule has 2 aromatic rings. The minimum Gasteiger partial charge on any atom is -0.453 e. The fraction of sp³-hybridized carbons (Fsp3) is 0.263. The number of rotatable bonds is 6. The van der Waals surface area contributed by atoms with E-state index in [-0.39, 0.29) is 18.7 Å². The SMILES string of the molecule is Cc1ccc(NC(=O)[C@H](C)OC(=O)CCc2ccccc2F)c(Br)c1. The van der Waals surface area contributed by atoms with E-state index in [1.54, 1.807) is 24.3 Å². The van der Waals surface area contributed by atoms with Gasteiger partial charge in [0, 0.05) is 10.9 Å². The van der Waals surface area contributed by atoms with Crippen molar-refractivity contribution in [2.45, 2.75) is 32.8 Å². The van der Waals surface area contributed by atoms with E-state index in [1.807, 2.05) is 19.1 Å². The lowest BCUT2D eigenvalue weighted by Gasteiger charge is -2.14.